The lowest BCUT2D eigenvalue weighted by atomic mass is 9.88. The van der Waals surface area contributed by atoms with Gasteiger partial charge in [0.1, 0.15) is 0 Å². The van der Waals surface area contributed by atoms with Crippen molar-refractivity contribution in [3.05, 3.63) is 35.9 Å². The van der Waals surface area contributed by atoms with Crippen LogP contribution in [-0.4, -0.2) is 29.1 Å². The van der Waals surface area contributed by atoms with Gasteiger partial charge in [-0.15, -0.1) is 0 Å². The van der Waals surface area contributed by atoms with Crippen molar-refractivity contribution in [2.24, 2.45) is 5.92 Å². The van der Waals surface area contributed by atoms with Gasteiger partial charge in [0.05, 0.1) is 6.54 Å². The molecule has 1 aromatic carbocycles. The largest absolute Gasteiger partial charge is 0.480 e. The molecule has 0 aliphatic carbocycles. The Morgan fingerprint density at radius 3 is 2.76 bits per heavy atom. The van der Waals surface area contributed by atoms with Crippen LogP contribution < -0.4 is 0 Å². The molecule has 3 heteroatoms. The topological polar surface area (TPSA) is 40.5 Å². The minimum absolute atomic E-state index is 0.145. The number of aliphatic carboxylic acids is 1. The van der Waals surface area contributed by atoms with E-state index in [0.717, 1.165) is 19.4 Å². The molecule has 1 aromatic rings. The van der Waals surface area contributed by atoms with Crippen LogP contribution in [0.4, 0.5) is 0 Å². The van der Waals surface area contributed by atoms with E-state index in [1.807, 2.05) is 18.2 Å². The summed E-state index contributed by atoms with van der Waals surface area (Å²) < 4.78 is 0. The molecule has 1 aliphatic rings. The van der Waals surface area contributed by atoms with Gasteiger partial charge in [-0.1, -0.05) is 37.3 Å². The molecule has 1 saturated heterocycles. The standard InChI is InChI=1S/C14H19NO2/c1-11-7-8-15(10-14(16)17)13(9-11)12-5-3-2-4-6-12/h2-6,11,13H,7-10H2,1H3,(H,16,17)/t11-,13+/m1/s1. The molecular formula is C14H19NO2. The Bertz CT molecular complexity index is 377. The van der Waals surface area contributed by atoms with Crippen molar-refractivity contribution in [3.63, 3.8) is 0 Å². The summed E-state index contributed by atoms with van der Waals surface area (Å²) in [5.41, 5.74) is 1.24. The first-order valence-electron chi connectivity index (χ1n) is 6.17. The predicted octanol–water partition coefficient (Wildman–Crippen LogP) is 2.54. The van der Waals surface area contributed by atoms with Crippen LogP contribution in [0.5, 0.6) is 0 Å². The van der Waals surface area contributed by atoms with Crippen LogP contribution in [0.3, 0.4) is 0 Å². The first-order valence-corrected chi connectivity index (χ1v) is 6.17. The fourth-order valence-electron chi connectivity index (χ4n) is 2.58. The smallest absolute Gasteiger partial charge is 0.317 e. The zero-order valence-electron chi connectivity index (χ0n) is 10.2. The second-order valence-electron chi connectivity index (χ2n) is 4.92. The number of carboxylic acids is 1. The Labute approximate surface area is 102 Å². The molecule has 0 aromatic heterocycles. The maximum absolute atomic E-state index is 10.9. The molecule has 3 nitrogen and oxygen atoms in total. The first kappa shape index (κ1) is 12.1. The average Bonchev–Trinajstić information content (AvgIpc) is 2.32. The monoisotopic (exact) mass is 233 g/mol. The van der Waals surface area contributed by atoms with E-state index in [4.69, 9.17) is 5.11 Å². The Balaban J connectivity index is 2.17. The molecule has 1 N–H and O–H groups in total. The van der Waals surface area contributed by atoms with Gasteiger partial charge in [-0.05, 0) is 30.9 Å². The van der Waals surface area contributed by atoms with Crippen molar-refractivity contribution in [1.82, 2.24) is 4.90 Å². The van der Waals surface area contributed by atoms with Gasteiger partial charge in [0, 0.05) is 6.04 Å². The van der Waals surface area contributed by atoms with E-state index in [-0.39, 0.29) is 12.6 Å². The molecule has 0 amide bonds. The van der Waals surface area contributed by atoms with Gasteiger partial charge in [-0.3, -0.25) is 9.69 Å². The van der Waals surface area contributed by atoms with Crippen LogP contribution in [0.25, 0.3) is 0 Å². The Morgan fingerprint density at radius 2 is 2.12 bits per heavy atom. The highest BCUT2D eigenvalue weighted by Crippen LogP contribution is 2.33. The molecule has 0 unspecified atom stereocenters. The molecular weight excluding hydrogens is 214 g/mol. The summed E-state index contributed by atoms with van der Waals surface area (Å²) in [6, 6.07) is 10.5. The molecule has 17 heavy (non-hydrogen) atoms. The molecule has 1 aliphatic heterocycles. The Hall–Kier alpha value is -1.35. The fourth-order valence-corrected chi connectivity index (χ4v) is 2.58. The van der Waals surface area contributed by atoms with Gasteiger partial charge >= 0.3 is 5.97 Å². The fraction of sp³-hybridized carbons (Fsp3) is 0.500. The zero-order valence-corrected chi connectivity index (χ0v) is 10.2. The highest BCUT2D eigenvalue weighted by atomic mass is 16.4. The summed E-state index contributed by atoms with van der Waals surface area (Å²) in [5.74, 6) is -0.0641. The molecule has 0 saturated carbocycles. The third-order valence-electron chi connectivity index (χ3n) is 3.50. The number of carboxylic acid groups (broad SMARTS) is 1. The molecule has 1 heterocycles. The van der Waals surface area contributed by atoms with Crippen molar-refractivity contribution in [3.8, 4) is 0 Å². The lowest BCUT2D eigenvalue weighted by molar-refractivity contribution is -0.139. The van der Waals surface area contributed by atoms with Gasteiger partial charge in [-0.25, -0.2) is 0 Å². The van der Waals surface area contributed by atoms with Crippen LogP contribution in [0.15, 0.2) is 30.3 Å². The van der Waals surface area contributed by atoms with E-state index in [2.05, 4.69) is 24.0 Å². The minimum atomic E-state index is -0.736. The second-order valence-corrected chi connectivity index (χ2v) is 4.92. The lowest BCUT2D eigenvalue weighted by Gasteiger charge is -2.37. The van der Waals surface area contributed by atoms with Crippen molar-refractivity contribution < 1.29 is 9.90 Å². The molecule has 92 valence electrons. The summed E-state index contributed by atoms with van der Waals surface area (Å²) in [6.07, 6.45) is 2.15. The van der Waals surface area contributed by atoms with Gasteiger partial charge in [0.2, 0.25) is 0 Å². The highest BCUT2D eigenvalue weighted by molar-refractivity contribution is 5.69. The van der Waals surface area contributed by atoms with Crippen LogP contribution in [0.2, 0.25) is 0 Å². The molecule has 1 fully saturated rings. The summed E-state index contributed by atoms with van der Waals surface area (Å²) in [6.45, 7) is 3.27. The zero-order chi connectivity index (χ0) is 12.3. The average molecular weight is 233 g/mol. The van der Waals surface area contributed by atoms with E-state index in [1.54, 1.807) is 0 Å². The third-order valence-corrected chi connectivity index (χ3v) is 3.50. The van der Waals surface area contributed by atoms with Gasteiger partial charge in [-0.2, -0.15) is 0 Å². The Kier molecular flexibility index (Phi) is 3.79. The van der Waals surface area contributed by atoms with Gasteiger partial charge in [0.15, 0.2) is 0 Å². The van der Waals surface area contributed by atoms with Crippen molar-refractivity contribution >= 4 is 5.97 Å². The number of hydrogen-bond donors (Lipinski definition) is 1. The minimum Gasteiger partial charge on any atom is -0.480 e. The maximum Gasteiger partial charge on any atom is 0.317 e. The number of rotatable bonds is 3. The van der Waals surface area contributed by atoms with E-state index >= 15 is 0 Å². The van der Waals surface area contributed by atoms with Crippen LogP contribution in [0.1, 0.15) is 31.4 Å². The molecule has 0 spiro atoms. The van der Waals surface area contributed by atoms with E-state index < -0.39 is 5.97 Å². The van der Waals surface area contributed by atoms with E-state index in [1.165, 1.54) is 5.56 Å². The molecule has 0 bridgehead atoms. The molecule has 2 rings (SSSR count). The van der Waals surface area contributed by atoms with Crippen molar-refractivity contribution in [2.75, 3.05) is 13.1 Å². The number of carbonyl (C=O) groups is 1. The quantitative estimate of drug-likeness (QED) is 0.872. The van der Waals surface area contributed by atoms with Crippen LogP contribution >= 0.6 is 0 Å². The number of hydrogen-bond acceptors (Lipinski definition) is 2. The molecule has 2 atom stereocenters. The lowest BCUT2D eigenvalue weighted by Crippen LogP contribution is -2.39. The summed E-state index contributed by atoms with van der Waals surface area (Å²) in [7, 11) is 0. The number of nitrogens with zero attached hydrogens (tertiary/aromatic N) is 1. The predicted molar refractivity (Wildman–Crippen MR) is 66.8 cm³/mol. The maximum atomic E-state index is 10.9. The summed E-state index contributed by atoms with van der Waals surface area (Å²) in [5, 5.41) is 8.95. The number of likely N-dealkylation sites (tertiary alicyclic amines) is 1. The van der Waals surface area contributed by atoms with Gasteiger partial charge in [0.25, 0.3) is 0 Å². The van der Waals surface area contributed by atoms with Crippen LogP contribution in [-0.2, 0) is 4.79 Å². The summed E-state index contributed by atoms with van der Waals surface area (Å²) >= 11 is 0. The van der Waals surface area contributed by atoms with Crippen molar-refractivity contribution in [1.29, 1.82) is 0 Å². The number of benzene rings is 1. The van der Waals surface area contributed by atoms with Crippen molar-refractivity contribution in [2.45, 2.75) is 25.8 Å². The number of piperidine rings is 1. The second kappa shape index (κ2) is 5.32. The van der Waals surface area contributed by atoms with E-state index in [9.17, 15) is 4.79 Å². The SMILES string of the molecule is C[C@@H]1CCN(CC(=O)O)[C@H](c2ccccc2)C1. The van der Waals surface area contributed by atoms with Gasteiger partial charge < -0.3 is 5.11 Å². The molecule has 0 radical (unpaired) electrons. The highest BCUT2D eigenvalue weighted by Gasteiger charge is 2.28. The normalized spacial score (nSPS) is 25.7. The Morgan fingerprint density at radius 1 is 1.41 bits per heavy atom. The third kappa shape index (κ3) is 3.07. The van der Waals surface area contributed by atoms with Crippen LogP contribution in [0, 0.1) is 5.92 Å². The van der Waals surface area contributed by atoms with E-state index in [0.29, 0.717) is 5.92 Å². The first-order chi connectivity index (χ1) is 8.16. The summed E-state index contributed by atoms with van der Waals surface area (Å²) in [4.78, 5) is 13.0.